The second kappa shape index (κ2) is 6.12. The molecule has 0 amide bonds. The fraction of sp³-hybridized carbons (Fsp3) is 0.200. The lowest BCUT2D eigenvalue weighted by Crippen LogP contribution is -1.88. The van der Waals surface area contributed by atoms with Crippen molar-refractivity contribution in [2.24, 2.45) is 0 Å². The molecule has 3 heteroatoms. The largest absolute Gasteiger partial charge is 0.455 e. The second-order valence-electron chi connectivity index (χ2n) is 3.97. The summed E-state index contributed by atoms with van der Waals surface area (Å²) < 4.78 is 5.71. The molecule has 0 unspecified atom stereocenters. The number of benzene rings is 2. The molecular weight excluding hydrogens is 267 g/mol. The van der Waals surface area contributed by atoms with Crippen LogP contribution in [0.3, 0.4) is 0 Å². The SMILES string of the molecule is CCCc1cc[c]c(Oc2cccc(Cl)c2Cl)c1. The second-order valence-corrected chi connectivity index (χ2v) is 4.75. The van der Waals surface area contributed by atoms with Gasteiger partial charge >= 0.3 is 0 Å². The Labute approximate surface area is 117 Å². The molecule has 0 N–H and O–H groups in total. The Bertz CT molecular complexity index is 538. The molecule has 0 aliphatic heterocycles. The topological polar surface area (TPSA) is 9.23 Å². The molecule has 2 rings (SSSR count). The summed E-state index contributed by atoms with van der Waals surface area (Å²) in [7, 11) is 0. The van der Waals surface area contributed by atoms with Crippen LogP contribution in [-0.4, -0.2) is 0 Å². The van der Waals surface area contributed by atoms with Crippen molar-refractivity contribution < 1.29 is 4.74 Å². The van der Waals surface area contributed by atoms with Crippen molar-refractivity contribution in [1.82, 2.24) is 0 Å². The Morgan fingerprint density at radius 2 is 2.06 bits per heavy atom. The van der Waals surface area contributed by atoms with E-state index < -0.39 is 0 Å². The predicted octanol–water partition coefficient (Wildman–Crippen LogP) is 5.54. The van der Waals surface area contributed by atoms with Crippen LogP contribution in [0, 0.1) is 6.07 Å². The van der Waals surface area contributed by atoms with E-state index in [0.29, 0.717) is 21.5 Å². The van der Waals surface area contributed by atoms with E-state index in [9.17, 15) is 0 Å². The third-order valence-electron chi connectivity index (χ3n) is 2.51. The van der Waals surface area contributed by atoms with E-state index in [2.05, 4.69) is 13.0 Å². The third-order valence-corrected chi connectivity index (χ3v) is 3.32. The van der Waals surface area contributed by atoms with Gasteiger partial charge in [0.1, 0.15) is 16.5 Å². The van der Waals surface area contributed by atoms with Gasteiger partial charge in [-0.1, -0.05) is 54.7 Å². The summed E-state index contributed by atoms with van der Waals surface area (Å²) >= 11 is 12.0. The number of rotatable bonds is 4. The fourth-order valence-corrected chi connectivity index (χ4v) is 2.00. The number of halogens is 2. The molecule has 0 bridgehead atoms. The maximum atomic E-state index is 6.07. The first-order chi connectivity index (χ1) is 8.70. The number of hydrogen-bond donors (Lipinski definition) is 0. The molecule has 18 heavy (non-hydrogen) atoms. The van der Waals surface area contributed by atoms with Crippen molar-refractivity contribution >= 4 is 23.2 Å². The molecule has 1 radical (unpaired) electrons. The minimum Gasteiger partial charge on any atom is -0.455 e. The molecule has 0 saturated carbocycles. The summed E-state index contributed by atoms with van der Waals surface area (Å²) in [6.45, 7) is 2.14. The maximum Gasteiger partial charge on any atom is 0.147 e. The highest BCUT2D eigenvalue weighted by Crippen LogP contribution is 2.34. The van der Waals surface area contributed by atoms with Crippen molar-refractivity contribution in [1.29, 1.82) is 0 Å². The van der Waals surface area contributed by atoms with E-state index in [-0.39, 0.29) is 0 Å². The van der Waals surface area contributed by atoms with Gasteiger partial charge in [-0.3, -0.25) is 0 Å². The molecule has 2 aromatic rings. The third kappa shape index (κ3) is 3.18. The van der Waals surface area contributed by atoms with Crippen molar-refractivity contribution in [2.45, 2.75) is 19.8 Å². The van der Waals surface area contributed by atoms with Crippen LogP contribution in [0.5, 0.6) is 11.5 Å². The highest BCUT2D eigenvalue weighted by atomic mass is 35.5. The maximum absolute atomic E-state index is 6.07. The van der Waals surface area contributed by atoms with E-state index in [0.717, 1.165) is 12.8 Å². The van der Waals surface area contributed by atoms with Crippen molar-refractivity contribution in [2.75, 3.05) is 0 Å². The Kier molecular flexibility index (Phi) is 4.51. The van der Waals surface area contributed by atoms with Crippen LogP contribution in [0.25, 0.3) is 0 Å². The Morgan fingerprint density at radius 1 is 1.22 bits per heavy atom. The van der Waals surface area contributed by atoms with Crippen molar-refractivity contribution in [3.63, 3.8) is 0 Å². The van der Waals surface area contributed by atoms with Crippen LogP contribution >= 0.6 is 23.2 Å². The number of hydrogen-bond acceptors (Lipinski definition) is 1. The van der Waals surface area contributed by atoms with Gasteiger partial charge in [-0.25, -0.2) is 0 Å². The normalized spacial score (nSPS) is 10.4. The first kappa shape index (κ1) is 13.3. The molecule has 1 nitrogen and oxygen atoms in total. The average Bonchev–Trinajstić information content (AvgIpc) is 2.36. The van der Waals surface area contributed by atoms with Gasteiger partial charge in [-0.05, 0) is 30.2 Å². The van der Waals surface area contributed by atoms with E-state index >= 15 is 0 Å². The van der Waals surface area contributed by atoms with Crippen LogP contribution in [-0.2, 0) is 6.42 Å². The smallest absolute Gasteiger partial charge is 0.147 e. The Hall–Kier alpha value is -1.18. The van der Waals surface area contributed by atoms with E-state index in [4.69, 9.17) is 27.9 Å². The minimum atomic E-state index is 0.425. The van der Waals surface area contributed by atoms with Crippen LogP contribution in [0.1, 0.15) is 18.9 Å². The molecule has 0 fully saturated rings. The molecule has 0 aliphatic carbocycles. The van der Waals surface area contributed by atoms with Gasteiger partial charge in [-0.15, -0.1) is 0 Å². The average molecular weight is 280 g/mol. The zero-order valence-electron chi connectivity index (χ0n) is 10.0. The molecular formula is C15H13Cl2O. The van der Waals surface area contributed by atoms with Crippen LogP contribution in [0.15, 0.2) is 36.4 Å². The van der Waals surface area contributed by atoms with Gasteiger partial charge < -0.3 is 4.74 Å². The van der Waals surface area contributed by atoms with Gasteiger partial charge in [-0.2, -0.15) is 0 Å². The summed E-state index contributed by atoms with van der Waals surface area (Å²) in [5.74, 6) is 1.21. The molecule has 93 valence electrons. The summed E-state index contributed by atoms with van der Waals surface area (Å²) in [6, 6.07) is 14.2. The Morgan fingerprint density at radius 3 is 2.83 bits per heavy atom. The summed E-state index contributed by atoms with van der Waals surface area (Å²) in [4.78, 5) is 0. The zero-order valence-corrected chi connectivity index (χ0v) is 11.6. The van der Waals surface area contributed by atoms with Gasteiger partial charge in [0, 0.05) is 6.07 Å². The number of aryl methyl sites for hydroxylation is 1. The summed E-state index contributed by atoms with van der Waals surface area (Å²) in [6.07, 6.45) is 2.12. The van der Waals surface area contributed by atoms with E-state index in [1.54, 1.807) is 18.2 Å². The summed E-state index contributed by atoms with van der Waals surface area (Å²) in [5.41, 5.74) is 1.23. The van der Waals surface area contributed by atoms with Crippen LogP contribution in [0.4, 0.5) is 0 Å². The highest BCUT2D eigenvalue weighted by molar-refractivity contribution is 6.42. The van der Waals surface area contributed by atoms with Gasteiger partial charge in [0.25, 0.3) is 0 Å². The molecule has 0 spiro atoms. The van der Waals surface area contributed by atoms with Gasteiger partial charge in [0.15, 0.2) is 0 Å². The molecule has 0 heterocycles. The molecule has 0 aromatic heterocycles. The van der Waals surface area contributed by atoms with Crippen molar-refractivity contribution in [3.05, 3.63) is 58.1 Å². The van der Waals surface area contributed by atoms with E-state index in [1.165, 1.54) is 5.56 Å². The van der Waals surface area contributed by atoms with Crippen LogP contribution < -0.4 is 4.74 Å². The first-order valence-electron chi connectivity index (χ1n) is 5.83. The zero-order chi connectivity index (χ0) is 13.0. The highest BCUT2D eigenvalue weighted by Gasteiger charge is 2.06. The van der Waals surface area contributed by atoms with E-state index in [1.807, 2.05) is 18.2 Å². The van der Waals surface area contributed by atoms with Gasteiger partial charge in [0.2, 0.25) is 0 Å². The molecule has 0 aliphatic rings. The monoisotopic (exact) mass is 279 g/mol. The quantitative estimate of drug-likeness (QED) is 0.714. The lowest BCUT2D eigenvalue weighted by molar-refractivity contribution is 0.481. The van der Waals surface area contributed by atoms with Crippen molar-refractivity contribution in [3.8, 4) is 11.5 Å². The molecule has 0 saturated heterocycles. The van der Waals surface area contributed by atoms with Gasteiger partial charge in [0.05, 0.1) is 5.02 Å². The fourth-order valence-electron chi connectivity index (χ4n) is 1.67. The summed E-state index contributed by atoms with van der Waals surface area (Å²) in [5, 5.41) is 0.910. The van der Waals surface area contributed by atoms with Crippen LogP contribution in [0.2, 0.25) is 10.0 Å². The Balaban J connectivity index is 2.23. The first-order valence-corrected chi connectivity index (χ1v) is 6.58. The molecule has 2 aromatic carbocycles. The lowest BCUT2D eigenvalue weighted by Gasteiger charge is -2.09. The lowest BCUT2D eigenvalue weighted by atomic mass is 10.1. The standard InChI is InChI=1S/C15H13Cl2O/c1-2-5-11-6-3-7-12(10-11)18-14-9-4-8-13(16)15(14)17/h3-4,6,8-10H,2,5H2,1H3. The minimum absolute atomic E-state index is 0.425. The molecule has 0 atom stereocenters. The number of ether oxygens (including phenoxy) is 1. The predicted molar refractivity (Wildman–Crippen MR) is 75.8 cm³/mol.